The molecule has 4 rings (SSSR count). The van der Waals surface area contributed by atoms with Crippen molar-refractivity contribution in [3.8, 4) is 5.75 Å². The summed E-state index contributed by atoms with van der Waals surface area (Å²) in [6.07, 6.45) is 3.03. The lowest BCUT2D eigenvalue weighted by Crippen LogP contribution is -2.28. The van der Waals surface area contributed by atoms with Gasteiger partial charge in [-0.15, -0.1) is 0 Å². The number of ketones is 1. The fraction of sp³-hybridized carbons (Fsp3) is 0.174. The number of nitrogens with zero attached hydrogens (tertiary/aromatic N) is 1. The van der Waals surface area contributed by atoms with Crippen molar-refractivity contribution in [2.45, 2.75) is 18.3 Å². The molecule has 5 nitrogen and oxygen atoms in total. The first kappa shape index (κ1) is 19.2. The second kappa shape index (κ2) is 7.68. The van der Waals surface area contributed by atoms with Gasteiger partial charge in [-0.25, -0.2) is 4.98 Å². The molecule has 6 heteroatoms. The molecule has 0 spiro atoms. The van der Waals surface area contributed by atoms with E-state index < -0.39 is 5.41 Å². The number of pyridine rings is 1. The highest BCUT2D eigenvalue weighted by molar-refractivity contribution is 6.30. The Bertz CT molecular complexity index is 1060. The Labute approximate surface area is 175 Å². The number of amides is 1. The number of ether oxygens (including phenoxy) is 1. The first-order valence-electron chi connectivity index (χ1n) is 9.25. The smallest absolute Gasteiger partial charge is 0.236 e. The van der Waals surface area contributed by atoms with E-state index in [9.17, 15) is 9.59 Å². The summed E-state index contributed by atoms with van der Waals surface area (Å²) in [5.41, 5.74) is 1.31. The predicted molar refractivity (Wildman–Crippen MR) is 114 cm³/mol. The van der Waals surface area contributed by atoms with Crippen LogP contribution in [0, 0.1) is 0 Å². The molecule has 0 saturated heterocycles. The standard InChI is InChI=1S/C23H19ClN2O3.H2/c1-29-19-5-3-2-4-18(19)21(27)15-6-11-20(25-14-15)26-22(28)23(12-13-23)16-7-9-17(24)10-8-16;/h2-11,14H,12-13H2,1H3,(H,25,26,28);1H. The lowest BCUT2D eigenvalue weighted by Gasteiger charge is -2.15. The third-order valence-corrected chi connectivity index (χ3v) is 5.45. The van der Waals surface area contributed by atoms with Crippen LogP contribution in [-0.2, 0) is 10.2 Å². The zero-order valence-corrected chi connectivity index (χ0v) is 16.6. The van der Waals surface area contributed by atoms with E-state index >= 15 is 0 Å². The molecule has 0 aliphatic heterocycles. The fourth-order valence-corrected chi connectivity index (χ4v) is 3.49. The Morgan fingerprint density at radius 2 is 1.79 bits per heavy atom. The summed E-state index contributed by atoms with van der Waals surface area (Å²) in [5, 5.41) is 3.51. The number of nitrogens with one attached hydrogen (secondary N) is 1. The molecular weight excluding hydrogens is 388 g/mol. The Morgan fingerprint density at radius 1 is 1.07 bits per heavy atom. The highest BCUT2D eigenvalue weighted by atomic mass is 35.5. The molecule has 1 aliphatic carbocycles. The van der Waals surface area contributed by atoms with E-state index in [-0.39, 0.29) is 13.1 Å². The average Bonchev–Trinajstić information content (AvgIpc) is 3.56. The van der Waals surface area contributed by atoms with Crippen LogP contribution in [0.25, 0.3) is 0 Å². The molecule has 29 heavy (non-hydrogen) atoms. The van der Waals surface area contributed by atoms with Crippen molar-refractivity contribution in [2.75, 3.05) is 12.4 Å². The normalized spacial score (nSPS) is 14.1. The van der Waals surface area contributed by atoms with Gasteiger partial charge in [-0.1, -0.05) is 35.9 Å². The van der Waals surface area contributed by atoms with Gasteiger partial charge in [0.2, 0.25) is 5.91 Å². The van der Waals surface area contributed by atoms with Crippen LogP contribution in [-0.4, -0.2) is 23.8 Å². The Hall–Kier alpha value is -3.18. The van der Waals surface area contributed by atoms with Gasteiger partial charge in [0.25, 0.3) is 0 Å². The topological polar surface area (TPSA) is 68.3 Å². The number of hydrogen-bond acceptors (Lipinski definition) is 4. The zero-order valence-electron chi connectivity index (χ0n) is 15.8. The van der Waals surface area contributed by atoms with Crippen LogP contribution in [0.1, 0.15) is 35.8 Å². The highest BCUT2D eigenvalue weighted by Gasteiger charge is 2.51. The molecule has 2 aromatic carbocycles. The molecule has 1 fully saturated rings. The van der Waals surface area contributed by atoms with E-state index in [2.05, 4.69) is 10.3 Å². The number of methoxy groups -OCH3 is 1. The van der Waals surface area contributed by atoms with Gasteiger partial charge in [-0.2, -0.15) is 0 Å². The van der Waals surface area contributed by atoms with Crippen LogP contribution in [0.15, 0.2) is 66.9 Å². The van der Waals surface area contributed by atoms with Crippen molar-refractivity contribution in [2.24, 2.45) is 0 Å². The Balaban J connectivity index is 0.00000256. The lowest BCUT2D eigenvalue weighted by atomic mass is 9.95. The van der Waals surface area contributed by atoms with Crippen molar-refractivity contribution in [3.05, 3.63) is 88.6 Å². The van der Waals surface area contributed by atoms with E-state index in [1.807, 2.05) is 12.1 Å². The molecule has 1 aromatic heterocycles. The fourth-order valence-electron chi connectivity index (χ4n) is 3.37. The van der Waals surface area contributed by atoms with E-state index in [1.54, 1.807) is 48.5 Å². The van der Waals surface area contributed by atoms with Crippen LogP contribution in [0.2, 0.25) is 5.02 Å². The van der Waals surface area contributed by atoms with Crippen molar-refractivity contribution in [3.63, 3.8) is 0 Å². The molecule has 0 radical (unpaired) electrons. The summed E-state index contributed by atoms with van der Waals surface area (Å²) in [4.78, 5) is 29.8. The molecule has 0 unspecified atom stereocenters. The van der Waals surface area contributed by atoms with E-state index in [4.69, 9.17) is 16.3 Å². The summed E-state index contributed by atoms with van der Waals surface area (Å²) in [6.45, 7) is 0. The van der Waals surface area contributed by atoms with Gasteiger partial charge >= 0.3 is 0 Å². The van der Waals surface area contributed by atoms with Crippen LogP contribution in [0.4, 0.5) is 5.82 Å². The van der Waals surface area contributed by atoms with Crippen LogP contribution in [0.5, 0.6) is 5.75 Å². The Morgan fingerprint density at radius 3 is 2.41 bits per heavy atom. The summed E-state index contributed by atoms with van der Waals surface area (Å²) in [7, 11) is 1.53. The second-order valence-corrected chi connectivity index (χ2v) is 7.44. The van der Waals surface area contributed by atoms with Gasteiger partial charge in [0, 0.05) is 18.2 Å². The van der Waals surface area contributed by atoms with Gasteiger partial charge in [0.1, 0.15) is 11.6 Å². The Kier molecular flexibility index (Phi) is 5.07. The first-order valence-corrected chi connectivity index (χ1v) is 9.62. The number of hydrogen-bond donors (Lipinski definition) is 1. The summed E-state index contributed by atoms with van der Waals surface area (Å²) in [5.74, 6) is 0.629. The largest absolute Gasteiger partial charge is 0.496 e. The molecule has 1 heterocycles. The van der Waals surface area contributed by atoms with Gasteiger partial charge < -0.3 is 10.1 Å². The molecule has 0 atom stereocenters. The molecule has 148 valence electrons. The van der Waals surface area contributed by atoms with E-state index in [0.29, 0.717) is 27.7 Å². The number of carbonyl (C=O) groups is 2. The number of rotatable bonds is 6. The highest BCUT2D eigenvalue weighted by Crippen LogP contribution is 2.49. The summed E-state index contributed by atoms with van der Waals surface area (Å²) >= 11 is 5.95. The second-order valence-electron chi connectivity index (χ2n) is 7.00. The third-order valence-electron chi connectivity index (χ3n) is 5.20. The molecular formula is C23H21ClN2O3. The van der Waals surface area contributed by atoms with Gasteiger partial charge in [-0.05, 0) is 54.8 Å². The minimum atomic E-state index is -0.530. The van der Waals surface area contributed by atoms with Crippen LogP contribution in [0.3, 0.4) is 0 Å². The van der Waals surface area contributed by atoms with E-state index in [1.165, 1.54) is 13.3 Å². The van der Waals surface area contributed by atoms with Crippen molar-refractivity contribution >= 4 is 29.1 Å². The maximum atomic E-state index is 12.8. The number of benzene rings is 2. The van der Waals surface area contributed by atoms with Gasteiger partial charge in [0.15, 0.2) is 5.78 Å². The maximum absolute atomic E-state index is 12.8. The first-order chi connectivity index (χ1) is 14.0. The summed E-state index contributed by atoms with van der Waals surface area (Å²) < 4.78 is 5.25. The number of para-hydroxylation sites is 1. The molecule has 1 saturated carbocycles. The quantitative estimate of drug-likeness (QED) is 0.589. The van der Waals surface area contributed by atoms with Crippen molar-refractivity contribution in [1.29, 1.82) is 0 Å². The molecule has 1 aliphatic rings. The lowest BCUT2D eigenvalue weighted by molar-refractivity contribution is -0.118. The molecule has 3 aromatic rings. The number of aromatic nitrogens is 1. The van der Waals surface area contributed by atoms with Gasteiger partial charge in [0.05, 0.1) is 18.1 Å². The molecule has 0 bridgehead atoms. The average molecular weight is 409 g/mol. The van der Waals surface area contributed by atoms with Crippen molar-refractivity contribution < 1.29 is 15.8 Å². The number of anilines is 1. The number of carbonyl (C=O) groups excluding carboxylic acids is 2. The van der Waals surface area contributed by atoms with Crippen molar-refractivity contribution in [1.82, 2.24) is 4.98 Å². The predicted octanol–water partition coefficient (Wildman–Crippen LogP) is 4.89. The van der Waals surface area contributed by atoms with Crippen LogP contribution < -0.4 is 10.1 Å². The van der Waals surface area contributed by atoms with E-state index in [0.717, 1.165) is 18.4 Å². The summed E-state index contributed by atoms with van der Waals surface area (Å²) in [6, 6.07) is 17.7. The van der Waals surface area contributed by atoms with Gasteiger partial charge in [-0.3, -0.25) is 9.59 Å². The minimum absolute atomic E-state index is 0. The maximum Gasteiger partial charge on any atom is 0.236 e. The third kappa shape index (κ3) is 3.74. The SMILES string of the molecule is COc1ccccc1C(=O)c1ccc(NC(=O)C2(c3ccc(Cl)cc3)CC2)nc1.[HH]. The minimum Gasteiger partial charge on any atom is -0.496 e. The zero-order chi connectivity index (χ0) is 20.4. The monoisotopic (exact) mass is 408 g/mol. The number of halogens is 1. The molecule has 1 N–H and O–H groups in total. The molecule has 1 amide bonds. The van der Waals surface area contributed by atoms with Crippen LogP contribution >= 0.6 is 11.6 Å².